The molecule has 1 aromatic carbocycles. The highest BCUT2D eigenvalue weighted by Crippen LogP contribution is 2.24. The zero-order valence-electron chi connectivity index (χ0n) is 14.9. The number of hydrogen-bond donors (Lipinski definition) is 0. The average Bonchev–Trinajstić information content (AvgIpc) is 2.58. The first-order valence-electron chi connectivity index (χ1n) is 8.81. The van der Waals surface area contributed by atoms with Crippen molar-refractivity contribution in [1.29, 1.82) is 0 Å². The first kappa shape index (κ1) is 18.6. The molecule has 0 unspecified atom stereocenters. The molecule has 0 aromatic heterocycles. The zero-order valence-corrected chi connectivity index (χ0v) is 15.7. The fraction of sp³-hybridized carbons (Fsp3) is 0.400. The number of hydrogen-bond acceptors (Lipinski definition) is 3. The van der Waals surface area contributed by atoms with Crippen LogP contribution in [0.4, 0.5) is 4.39 Å². The van der Waals surface area contributed by atoms with E-state index in [1.807, 2.05) is 30.2 Å². The molecule has 2 aliphatic heterocycles. The van der Waals surface area contributed by atoms with Crippen LogP contribution in [0.2, 0.25) is 5.02 Å². The first-order valence-corrected chi connectivity index (χ1v) is 9.19. The van der Waals surface area contributed by atoms with Gasteiger partial charge >= 0.3 is 0 Å². The Morgan fingerprint density at radius 3 is 2.69 bits per heavy atom. The van der Waals surface area contributed by atoms with Crippen LogP contribution < -0.4 is 0 Å². The van der Waals surface area contributed by atoms with Crippen molar-refractivity contribution in [3.8, 4) is 0 Å². The fourth-order valence-corrected chi connectivity index (χ4v) is 3.64. The summed E-state index contributed by atoms with van der Waals surface area (Å²) in [5.41, 5.74) is 2.48. The van der Waals surface area contributed by atoms with Crippen molar-refractivity contribution in [3.63, 3.8) is 0 Å². The summed E-state index contributed by atoms with van der Waals surface area (Å²) in [5, 5.41) is 6.47. The molecule has 0 radical (unpaired) electrons. The maximum absolute atomic E-state index is 13.5. The Morgan fingerprint density at radius 1 is 1.31 bits per heavy atom. The van der Waals surface area contributed by atoms with Crippen LogP contribution in [0.3, 0.4) is 0 Å². The van der Waals surface area contributed by atoms with Crippen molar-refractivity contribution < 1.29 is 9.18 Å². The van der Waals surface area contributed by atoms with Crippen molar-refractivity contribution in [2.45, 2.75) is 25.7 Å². The van der Waals surface area contributed by atoms with Crippen molar-refractivity contribution in [3.05, 3.63) is 59.0 Å². The number of rotatable bonds is 4. The topological polar surface area (TPSA) is 35.9 Å². The van der Waals surface area contributed by atoms with Gasteiger partial charge in [-0.2, -0.15) is 5.10 Å². The van der Waals surface area contributed by atoms with Crippen LogP contribution in [0, 0.1) is 11.7 Å². The van der Waals surface area contributed by atoms with Gasteiger partial charge in [0.05, 0.1) is 17.8 Å². The Kier molecular flexibility index (Phi) is 5.77. The van der Waals surface area contributed by atoms with Gasteiger partial charge in [-0.25, -0.2) is 4.39 Å². The van der Waals surface area contributed by atoms with Gasteiger partial charge in [0.2, 0.25) is 5.91 Å². The van der Waals surface area contributed by atoms with Crippen LogP contribution in [-0.4, -0.2) is 41.7 Å². The van der Waals surface area contributed by atoms with E-state index in [-0.39, 0.29) is 11.7 Å². The van der Waals surface area contributed by atoms with E-state index in [0.717, 1.165) is 49.3 Å². The molecule has 6 heteroatoms. The number of likely N-dealkylation sites (tertiary alicyclic amines) is 1. The van der Waals surface area contributed by atoms with Crippen LogP contribution >= 0.6 is 11.6 Å². The molecule has 26 heavy (non-hydrogen) atoms. The lowest BCUT2D eigenvalue weighted by molar-refractivity contribution is -0.131. The van der Waals surface area contributed by atoms with Gasteiger partial charge in [0.15, 0.2) is 0 Å². The van der Waals surface area contributed by atoms with Gasteiger partial charge in [0.25, 0.3) is 0 Å². The van der Waals surface area contributed by atoms with Gasteiger partial charge < -0.3 is 4.90 Å². The highest BCUT2D eigenvalue weighted by atomic mass is 35.5. The molecule has 1 fully saturated rings. The number of likely N-dealkylation sites (N-methyl/N-ethyl adjacent to an activating group) is 1. The van der Waals surface area contributed by atoms with E-state index in [9.17, 15) is 9.18 Å². The molecular weight excluding hydrogens is 353 g/mol. The van der Waals surface area contributed by atoms with Crippen LogP contribution in [0.15, 0.2) is 47.7 Å². The lowest BCUT2D eigenvalue weighted by Gasteiger charge is -2.32. The Hall–Kier alpha value is -2.14. The van der Waals surface area contributed by atoms with E-state index in [1.54, 1.807) is 11.1 Å². The lowest BCUT2D eigenvalue weighted by Crippen LogP contribution is -2.39. The van der Waals surface area contributed by atoms with E-state index >= 15 is 0 Å². The molecule has 2 heterocycles. The predicted molar refractivity (Wildman–Crippen MR) is 103 cm³/mol. The molecule has 0 aliphatic carbocycles. The van der Waals surface area contributed by atoms with E-state index in [2.05, 4.69) is 11.7 Å². The van der Waals surface area contributed by atoms with E-state index in [1.165, 1.54) is 6.07 Å². The lowest BCUT2D eigenvalue weighted by atomic mass is 9.90. The zero-order chi connectivity index (χ0) is 18.7. The standard InChI is InChI=1S/C20H23ClFN3O/c1-14-3-4-19(23-24(14)2)13-20(26)25-7-5-15(6-8-25)9-16-10-17(21)12-18(22)11-16/h3-4,10-12,15H,1,5-9,13H2,2H3. The number of carbonyl (C=O) groups excluding carboxylic acids is 1. The third-order valence-corrected chi connectivity index (χ3v) is 5.13. The van der Waals surface area contributed by atoms with Gasteiger partial charge in [-0.05, 0) is 61.1 Å². The van der Waals surface area contributed by atoms with Crippen LogP contribution in [0.25, 0.3) is 0 Å². The van der Waals surface area contributed by atoms with Crippen LogP contribution in [-0.2, 0) is 11.2 Å². The quantitative estimate of drug-likeness (QED) is 0.796. The van der Waals surface area contributed by atoms with Gasteiger partial charge in [0, 0.05) is 25.2 Å². The highest BCUT2D eigenvalue weighted by Gasteiger charge is 2.24. The average molecular weight is 376 g/mol. The molecule has 1 saturated heterocycles. The number of benzene rings is 1. The fourth-order valence-electron chi connectivity index (χ4n) is 3.40. The van der Waals surface area contributed by atoms with Gasteiger partial charge in [-0.15, -0.1) is 0 Å². The summed E-state index contributed by atoms with van der Waals surface area (Å²) in [7, 11) is 1.82. The molecule has 0 bridgehead atoms. The Bertz CT molecular complexity index is 746. The summed E-state index contributed by atoms with van der Waals surface area (Å²) in [6, 6.07) is 4.68. The third-order valence-electron chi connectivity index (χ3n) is 4.91. The second-order valence-electron chi connectivity index (χ2n) is 6.92. The maximum Gasteiger partial charge on any atom is 0.228 e. The van der Waals surface area contributed by atoms with Gasteiger partial charge in [-0.3, -0.25) is 9.80 Å². The number of amides is 1. The number of halogens is 2. The Morgan fingerprint density at radius 2 is 2.04 bits per heavy atom. The van der Waals surface area contributed by atoms with Crippen molar-refractivity contribution in [2.75, 3.05) is 20.1 Å². The van der Waals surface area contributed by atoms with Crippen molar-refractivity contribution in [2.24, 2.45) is 11.0 Å². The van der Waals surface area contributed by atoms with Crippen LogP contribution in [0.5, 0.6) is 0 Å². The summed E-state index contributed by atoms with van der Waals surface area (Å²) < 4.78 is 13.5. The summed E-state index contributed by atoms with van der Waals surface area (Å²) in [4.78, 5) is 14.4. The molecule has 2 aliphatic rings. The summed E-state index contributed by atoms with van der Waals surface area (Å²) in [6.45, 7) is 5.31. The molecular formula is C20H23ClFN3O. The molecule has 0 N–H and O–H groups in total. The largest absolute Gasteiger partial charge is 0.342 e. The number of carbonyl (C=O) groups is 1. The molecule has 0 atom stereocenters. The van der Waals surface area contributed by atoms with E-state index < -0.39 is 0 Å². The normalized spacial score (nSPS) is 18.3. The predicted octanol–water partition coefficient (Wildman–Crippen LogP) is 4.02. The third kappa shape index (κ3) is 4.73. The maximum atomic E-state index is 13.5. The second kappa shape index (κ2) is 8.04. The summed E-state index contributed by atoms with van der Waals surface area (Å²) >= 11 is 5.93. The minimum atomic E-state index is -0.297. The molecule has 4 nitrogen and oxygen atoms in total. The minimum Gasteiger partial charge on any atom is -0.342 e. The summed E-state index contributed by atoms with van der Waals surface area (Å²) in [6.07, 6.45) is 6.64. The van der Waals surface area contributed by atoms with E-state index in [4.69, 9.17) is 11.6 Å². The SMILES string of the molecule is C=C1C=CC(CC(=O)N2CCC(Cc3cc(F)cc(Cl)c3)CC2)=NN1C. The smallest absolute Gasteiger partial charge is 0.228 e. The van der Waals surface area contributed by atoms with Gasteiger partial charge in [0.1, 0.15) is 5.82 Å². The Labute approximate surface area is 158 Å². The number of allylic oxidation sites excluding steroid dienone is 2. The molecule has 0 spiro atoms. The van der Waals surface area contributed by atoms with Crippen molar-refractivity contribution >= 4 is 23.2 Å². The number of nitrogens with zero attached hydrogens (tertiary/aromatic N) is 3. The van der Waals surface area contributed by atoms with Gasteiger partial charge in [-0.1, -0.05) is 18.2 Å². The second-order valence-corrected chi connectivity index (χ2v) is 7.36. The van der Waals surface area contributed by atoms with Crippen LogP contribution in [0.1, 0.15) is 24.8 Å². The van der Waals surface area contributed by atoms with E-state index in [0.29, 0.717) is 17.4 Å². The molecule has 138 valence electrons. The molecule has 0 saturated carbocycles. The Balaban J connectivity index is 1.50. The highest BCUT2D eigenvalue weighted by molar-refractivity contribution is 6.30. The number of hydrazone groups is 1. The monoisotopic (exact) mass is 375 g/mol. The molecule has 1 aromatic rings. The first-order chi connectivity index (χ1) is 12.4. The van der Waals surface area contributed by atoms with Crippen molar-refractivity contribution in [1.82, 2.24) is 9.91 Å². The minimum absolute atomic E-state index is 0.0987. The molecule has 1 amide bonds. The number of piperidine rings is 1. The summed E-state index contributed by atoms with van der Waals surface area (Å²) in [5.74, 6) is 0.244. The molecule has 3 rings (SSSR count).